The zero-order valence-electron chi connectivity index (χ0n) is 15.6. The Labute approximate surface area is 163 Å². The van der Waals surface area contributed by atoms with E-state index < -0.39 is 35.6 Å². The molecule has 3 rings (SSSR count). The van der Waals surface area contributed by atoms with Gasteiger partial charge in [-0.2, -0.15) is 13.2 Å². The van der Waals surface area contributed by atoms with Gasteiger partial charge in [0.2, 0.25) is 11.7 Å². The molecule has 1 aliphatic rings. The maximum absolute atomic E-state index is 14.0. The van der Waals surface area contributed by atoms with Crippen molar-refractivity contribution in [1.29, 1.82) is 0 Å². The Morgan fingerprint density at radius 2 is 1.93 bits per heavy atom. The number of amides is 1. The van der Waals surface area contributed by atoms with Gasteiger partial charge in [-0.05, 0) is 43.0 Å². The molecule has 0 spiro atoms. The van der Waals surface area contributed by atoms with Crippen LogP contribution in [0.15, 0.2) is 12.1 Å². The molecule has 1 aromatic carbocycles. The van der Waals surface area contributed by atoms with Gasteiger partial charge in [-0.15, -0.1) is 10.2 Å². The first-order valence-corrected chi connectivity index (χ1v) is 9.03. The molecule has 158 valence electrons. The molecule has 0 saturated heterocycles. The normalized spacial score (nSPS) is 15.8. The highest BCUT2D eigenvalue weighted by molar-refractivity contribution is 5.76. The van der Waals surface area contributed by atoms with Crippen LogP contribution in [0, 0.1) is 18.6 Å². The van der Waals surface area contributed by atoms with Gasteiger partial charge in [-0.25, -0.2) is 8.78 Å². The van der Waals surface area contributed by atoms with E-state index in [0.717, 1.165) is 16.7 Å². The molecule has 2 aromatic rings. The van der Waals surface area contributed by atoms with Crippen LogP contribution in [0.5, 0.6) is 0 Å². The van der Waals surface area contributed by atoms with Crippen LogP contribution in [0.1, 0.15) is 35.6 Å². The molecular formula is C18H20F5N5O. The van der Waals surface area contributed by atoms with E-state index in [0.29, 0.717) is 6.42 Å². The number of carbonyl (C=O) groups is 1. The smallest absolute Gasteiger partial charge is 0.335 e. The molecule has 1 aromatic heterocycles. The van der Waals surface area contributed by atoms with Crippen molar-refractivity contribution in [3.05, 3.63) is 46.5 Å². The van der Waals surface area contributed by atoms with E-state index in [1.807, 2.05) is 0 Å². The molecule has 0 radical (unpaired) electrons. The molecule has 11 heteroatoms. The predicted octanol–water partition coefficient (Wildman–Crippen LogP) is 2.58. The van der Waals surface area contributed by atoms with Crippen LogP contribution < -0.4 is 5.73 Å². The van der Waals surface area contributed by atoms with Gasteiger partial charge in [-0.3, -0.25) is 4.79 Å². The van der Waals surface area contributed by atoms with Crippen molar-refractivity contribution in [3.63, 3.8) is 0 Å². The Balaban J connectivity index is 1.66. The quantitative estimate of drug-likeness (QED) is 0.776. The monoisotopic (exact) mass is 417 g/mol. The summed E-state index contributed by atoms with van der Waals surface area (Å²) in [5.74, 6) is -2.60. The molecule has 29 heavy (non-hydrogen) atoms. The highest BCUT2D eigenvalue weighted by Gasteiger charge is 2.39. The van der Waals surface area contributed by atoms with Gasteiger partial charge < -0.3 is 15.2 Å². The van der Waals surface area contributed by atoms with Crippen molar-refractivity contribution in [2.24, 2.45) is 5.73 Å². The second kappa shape index (κ2) is 8.05. The Kier molecular flexibility index (Phi) is 5.87. The Morgan fingerprint density at radius 1 is 1.21 bits per heavy atom. The summed E-state index contributed by atoms with van der Waals surface area (Å²) >= 11 is 0. The molecule has 1 atom stereocenters. The fourth-order valence-electron chi connectivity index (χ4n) is 3.33. The molecule has 0 aliphatic carbocycles. The van der Waals surface area contributed by atoms with Crippen LogP contribution >= 0.6 is 0 Å². The van der Waals surface area contributed by atoms with E-state index in [-0.39, 0.29) is 49.4 Å². The van der Waals surface area contributed by atoms with Gasteiger partial charge in [0.15, 0.2) is 5.82 Å². The molecular weight excluding hydrogens is 397 g/mol. The lowest BCUT2D eigenvalue weighted by Gasteiger charge is -2.22. The van der Waals surface area contributed by atoms with Crippen molar-refractivity contribution in [2.75, 3.05) is 6.54 Å². The molecule has 2 N–H and O–H groups in total. The lowest BCUT2D eigenvalue weighted by molar-refractivity contribution is -0.147. The lowest BCUT2D eigenvalue weighted by Crippen LogP contribution is -2.36. The summed E-state index contributed by atoms with van der Waals surface area (Å²) in [6, 6.07) is 1.35. The second-order valence-corrected chi connectivity index (χ2v) is 7.12. The Hall–Kier alpha value is -2.56. The summed E-state index contributed by atoms with van der Waals surface area (Å²) in [7, 11) is 0. The molecule has 0 bridgehead atoms. The number of nitrogens with zero attached hydrogens (tertiary/aromatic N) is 4. The van der Waals surface area contributed by atoms with Gasteiger partial charge in [0, 0.05) is 25.6 Å². The minimum absolute atomic E-state index is 0.0425. The van der Waals surface area contributed by atoms with E-state index >= 15 is 0 Å². The second-order valence-electron chi connectivity index (χ2n) is 7.12. The van der Waals surface area contributed by atoms with Crippen molar-refractivity contribution in [2.45, 2.75) is 51.5 Å². The number of aromatic nitrogens is 3. The van der Waals surface area contributed by atoms with Gasteiger partial charge in [0.25, 0.3) is 0 Å². The number of nitrogens with two attached hydrogens (primary N) is 1. The third-order valence-electron chi connectivity index (χ3n) is 4.82. The fraction of sp³-hybridized carbons (Fsp3) is 0.500. The number of alkyl halides is 3. The summed E-state index contributed by atoms with van der Waals surface area (Å²) in [6.07, 6.45) is -4.53. The molecule has 6 nitrogen and oxygen atoms in total. The van der Waals surface area contributed by atoms with E-state index in [9.17, 15) is 26.7 Å². The molecule has 0 fully saturated rings. The largest absolute Gasteiger partial charge is 0.451 e. The van der Waals surface area contributed by atoms with Gasteiger partial charge >= 0.3 is 6.18 Å². The van der Waals surface area contributed by atoms with E-state index in [1.54, 1.807) is 0 Å². The number of hydrogen-bond donors (Lipinski definition) is 1. The van der Waals surface area contributed by atoms with Crippen LogP contribution in [-0.4, -0.2) is 38.2 Å². The number of fused-ring (bicyclic) bond motifs is 1. The Morgan fingerprint density at radius 3 is 2.62 bits per heavy atom. The molecule has 2 heterocycles. The van der Waals surface area contributed by atoms with Gasteiger partial charge in [-0.1, -0.05) is 0 Å². The van der Waals surface area contributed by atoms with E-state index in [4.69, 9.17) is 5.73 Å². The SMILES string of the molecule is Cc1cc(F)c(CC(N)CC(=O)N2CCCn3c(nnc3C(F)(F)F)C2)cc1F. The summed E-state index contributed by atoms with van der Waals surface area (Å²) in [4.78, 5) is 13.9. The van der Waals surface area contributed by atoms with Crippen LogP contribution in [0.4, 0.5) is 22.0 Å². The first kappa shape index (κ1) is 21.2. The molecule has 1 amide bonds. The number of carbonyl (C=O) groups excluding carboxylic acids is 1. The first-order valence-electron chi connectivity index (χ1n) is 9.03. The third-order valence-corrected chi connectivity index (χ3v) is 4.82. The van der Waals surface area contributed by atoms with Crippen molar-refractivity contribution >= 4 is 5.91 Å². The standard InChI is InChI=1S/C18H20F5N5O/c1-10-5-14(20)11(7-13(10)19)6-12(24)8-16(29)27-3-2-4-28-15(9-27)25-26-17(28)18(21,22)23/h5,7,12H,2-4,6,8-9,24H2,1H3. The van der Waals surface area contributed by atoms with Crippen molar-refractivity contribution in [1.82, 2.24) is 19.7 Å². The number of aryl methyl sites for hydroxylation is 1. The molecule has 0 saturated carbocycles. The van der Waals surface area contributed by atoms with Gasteiger partial charge in [0.05, 0.1) is 6.54 Å². The third kappa shape index (κ3) is 4.72. The number of rotatable bonds is 4. The summed E-state index contributed by atoms with van der Waals surface area (Å²) in [5, 5.41) is 6.76. The average Bonchev–Trinajstić information content (AvgIpc) is 2.90. The fourth-order valence-corrected chi connectivity index (χ4v) is 3.33. The number of hydrogen-bond acceptors (Lipinski definition) is 4. The van der Waals surface area contributed by atoms with E-state index in [2.05, 4.69) is 10.2 Å². The first-order chi connectivity index (χ1) is 13.6. The zero-order valence-corrected chi connectivity index (χ0v) is 15.6. The maximum atomic E-state index is 14.0. The van der Waals surface area contributed by atoms with E-state index in [1.165, 1.54) is 11.8 Å². The molecule has 1 unspecified atom stereocenters. The highest BCUT2D eigenvalue weighted by atomic mass is 19.4. The van der Waals surface area contributed by atoms with Crippen LogP contribution in [-0.2, 0) is 30.5 Å². The predicted molar refractivity (Wildman–Crippen MR) is 92.4 cm³/mol. The zero-order chi connectivity index (χ0) is 21.3. The highest BCUT2D eigenvalue weighted by Crippen LogP contribution is 2.29. The minimum atomic E-state index is -4.62. The number of benzene rings is 1. The maximum Gasteiger partial charge on any atom is 0.451 e. The van der Waals surface area contributed by atoms with Crippen molar-refractivity contribution in [3.8, 4) is 0 Å². The van der Waals surface area contributed by atoms with Crippen LogP contribution in [0.25, 0.3) is 0 Å². The number of halogens is 5. The minimum Gasteiger partial charge on any atom is -0.335 e. The summed E-state index contributed by atoms with van der Waals surface area (Å²) in [6.45, 7) is 1.59. The topological polar surface area (TPSA) is 77.0 Å². The van der Waals surface area contributed by atoms with Crippen LogP contribution in [0.3, 0.4) is 0 Å². The molecule has 1 aliphatic heterocycles. The average molecular weight is 417 g/mol. The van der Waals surface area contributed by atoms with Gasteiger partial charge in [0.1, 0.15) is 11.6 Å². The van der Waals surface area contributed by atoms with Crippen molar-refractivity contribution < 1.29 is 26.7 Å². The van der Waals surface area contributed by atoms with Crippen LogP contribution in [0.2, 0.25) is 0 Å². The lowest BCUT2D eigenvalue weighted by atomic mass is 10.0. The summed E-state index contributed by atoms with van der Waals surface area (Å²) in [5.41, 5.74) is 6.18. The summed E-state index contributed by atoms with van der Waals surface area (Å²) < 4.78 is 67.6. The Bertz CT molecular complexity index is 911.